The second-order valence-electron chi connectivity index (χ2n) is 10.6. The summed E-state index contributed by atoms with van der Waals surface area (Å²) in [5.74, 6) is 1.67. The van der Waals surface area contributed by atoms with E-state index >= 15 is 0 Å². The van der Waals surface area contributed by atoms with Gasteiger partial charge in [0.25, 0.3) is 0 Å². The van der Waals surface area contributed by atoms with E-state index in [-0.39, 0.29) is 0 Å². The molecule has 0 aliphatic carbocycles. The van der Waals surface area contributed by atoms with Gasteiger partial charge in [0, 0.05) is 75.7 Å². The summed E-state index contributed by atoms with van der Waals surface area (Å²) >= 11 is 0. The number of ether oxygens (including phenoxy) is 2. The zero-order valence-electron chi connectivity index (χ0n) is 21.2. The lowest BCUT2D eigenvalue weighted by Crippen LogP contribution is -1.90. The van der Waals surface area contributed by atoms with E-state index in [2.05, 4.69) is 87.7 Å². The number of aromatic nitrogens is 3. The monoisotopic (exact) mass is 503 g/mol. The van der Waals surface area contributed by atoms with E-state index in [4.69, 9.17) is 9.47 Å². The summed E-state index contributed by atoms with van der Waals surface area (Å²) in [7, 11) is 3.51. The lowest BCUT2D eigenvalue weighted by atomic mass is 9.91. The molecule has 5 nitrogen and oxygen atoms in total. The molecule has 0 saturated carbocycles. The SMILES string of the molecule is COc1ccc2[nH]c3c4ccccc4c4[nH]c5c6ccccc6c6[nH]c7ccc(OC)c8c1c2c3c4c5c6c78. The molecule has 0 fully saturated rings. The number of fused-ring (bicyclic) bond motifs is 7. The maximum Gasteiger partial charge on any atom is 0.127 e. The van der Waals surface area contributed by atoms with Gasteiger partial charge in [-0.1, -0.05) is 48.5 Å². The Morgan fingerprint density at radius 2 is 0.744 bits per heavy atom. The van der Waals surface area contributed by atoms with Crippen LogP contribution in [-0.2, 0) is 0 Å². The Hall–Kier alpha value is -5.16. The van der Waals surface area contributed by atoms with Gasteiger partial charge in [0.15, 0.2) is 0 Å². The second kappa shape index (κ2) is 6.45. The minimum Gasteiger partial charge on any atom is -0.496 e. The number of rotatable bonds is 2. The fourth-order valence-corrected chi connectivity index (χ4v) is 7.52. The molecular formula is C34H21N3O2. The summed E-state index contributed by atoms with van der Waals surface area (Å²) in [6, 6.07) is 25.8. The first-order valence-corrected chi connectivity index (χ1v) is 13.2. The van der Waals surface area contributed by atoms with Crippen LogP contribution in [0.5, 0.6) is 11.5 Å². The van der Waals surface area contributed by atoms with Crippen molar-refractivity contribution in [2.24, 2.45) is 0 Å². The summed E-state index contributed by atoms with van der Waals surface area (Å²) in [5, 5.41) is 14.3. The molecule has 0 bridgehead atoms. The van der Waals surface area contributed by atoms with Crippen LogP contribution in [0, 0.1) is 0 Å². The summed E-state index contributed by atoms with van der Waals surface area (Å²) < 4.78 is 12.2. The Morgan fingerprint density at radius 3 is 1.13 bits per heavy atom. The van der Waals surface area contributed by atoms with E-state index in [0.717, 1.165) is 44.3 Å². The average Bonchev–Trinajstić information content (AvgIpc) is 3.67. The van der Waals surface area contributed by atoms with Crippen LogP contribution in [0.2, 0.25) is 0 Å². The van der Waals surface area contributed by atoms with E-state index < -0.39 is 0 Å². The lowest BCUT2D eigenvalue weighted by molar-refractivity contribution is 0.416. The molecule has 10 aromatic rings. The highest BCUT2D eigenvalue weighted by molar-refractivity contribution is 6.49. The number of benzene rings is 6. The van der Waals surface area contributed by atoms with Crippen molar-refractivity contribution < 1.29 is 9.47 Å². The second-order valence-corrected chi connectivity index (χ2v) is 10.6. The van der Waals surface area contributed by atoms with Gasteiger partial charge in [-0.3, -0.25) is 0 Å². The molecule has 0 amide bonds. The van der Waals surface area contributed by atoms with Gasteiger partial charge in [-0.25, -0.2) is 0 Å². The molecule has 0 aliphatic heterocycles. The van der Waals surface area contributed by atoms with Crippen molar-refractivity contribution in [3.05, 3.63) is 72.8 Å². The van der Waals surface area contributed by atoms with E-state index in [9.17, 15) is 0 Å². The topological polar surface area (TPSA) is 65.8 Å². The number of hydrogen-bond donors (Lipinski definition) is 3. The fraction of sp³-hybridized carbons (Fsp3) is 0.0588. The maximum atomic E-state index is 6.08. The molecule has 0 aliphatic rings. The highest BCUT2D eigenvalue weighted by Gasteiger charge is 2.27. The molecule has 3 N–H and O–H groups in total. The van der Waals surface area contributed by atoms with Gasteiger partial charge in [0.05, 0.1) is 36.3 Å². The van der Waals surface area contributed by atoms with Gasteiger partial charge < -0.3 is 24.4 Å². The largest absolute Gasteiger partial charge is 0.496 e. The van der Waals surface area contributed by atoms with Gasteiger partial charge >= 0.3 is 0 Å². The molecule has 3 aromatic heterocycles. The number of methoxy groups -OCH3 is 2. The zero-order chi connectivity index (χ0) is 25.6. The van der Waals surface area contributed by atoms with Gasteiger partial charge in [-0.15, -0.1) is 0 Å². The summed E-state index contributed by atoms with van der Waals surface area (Å²) in [5.41, 5.74) is 6.80. The molecule has 0 saturated heterocycles. The van der Waals surface area contributed by atoms with Crippen molar-refractivity contribution in [3.63, 3.8) is 0 Å². The van der Waals surface area contributed by atoms with Crippen LogP contribution < -0.4 is 9.47 Å². The van der Waals surface area contributed by atoms with E-state index in [1.54, 1.807) is 14.2 Å². The van der Waals surface area contributed by atoms with E-state index in [0.29, 0.717) is 0 Å². The van der Waals surface area contributed by atoms with Gasteiger partial charge in [-0.05, 0) is 24.3 Å². The third kappa shape index (κ3) is 2.07. The number of nitrogens with one attached hydrogen (secondary N) is 3. The van der Waals surface area contributed by atoms with E-state index in [1.165, 1.54) is 64.9 Å². The highest BCUT2D eigenvalue weighted by Crippen LogP contribution is 2.53. The highest BCUT2D eigenvalue weighted by atomic mass is 16.5. The van der Waals surface area contributed by atoms with Gasteiger partial charge in [0.1, 0.15) is 11.5 Å². The summed E-state index contributed by atoms with van der Waals surface area (Å²) in [4.78, 5) is 11.6. The summed E-state index contributed by atoms with van der Waals surface area (Å²) in [6.07, 6.45) is 0. The Balaban J connectivity index is 1.76. The Labute approximate surface area is 220 Å². The van der Waals surface area contributed by atoms with Crippen molar-refractivity contribution in [1.82, 2.24) is 15.0 Å². The number of aromatic amines is 3. The van der Waals surface area contributed by atoms with Crippen LogP contribution in [-0.4, -0.2) is 29.2 Å². The van der Waals surface area contributed by atoms with Crippen molar-refractivity contribution in [3.8, 4) is 11.5 Å². The van der Waals surface area contributed by atoms with Crippen molar-refractivity contribution in [1.29, 1.82) is 0 Å². The minimum absolute atomic E-state index is 0.834. The first-order chi connectivity index (χ1) is 19.3. The Bertz CT molecular complexity index is 2450. The van der Waals surface area contributed by atoms with E-state index in [1.807, 2.05) is 0 Å². The molecule has 0 spiro atoms. The third-order valence-corrected chi connectivity index (χ3v) is 8.97. The number of hydrogen-bond acceptors (Lipinski definition) is 2. The lowest BCUT2D eigenvalue weighted by Gasteiger charge is -2.13. The normalized spacial score (nSPS) is 12.9. The third-order valence-electron chi connectivity index (χ3n) is 8.97. The average molecular weight is 504 g/mol. The van der Waals surface area contributed by atoms with Crippen LogP contribution in [0.4, 0.5) is 0 Å². The molecule has 0 radical (unpaired) electrons. The first-order valence-electron chi connectivity index (χ1n) is 13.2. The minimum atomic E-state index is 0.834. The van der Waals surface area contributed by atoms with Crippen molar-refractivity contribution in [2.45, 2.75) is 0 Å². The molecule has 0 atom stereocenters. The van der Waals surface area contributed by atoms with Crippen LogP contribution in [0.1, 0.15) is 0 Å². The van der Waals surface area contributed by atoms with Crippen molar-refractivity contribution >= 4 is 97.7 Å². The Morgan fingerprint density at radius 1 is 0.385 bits per heavy atom. The number of H-pyrrole nitrogens is 3. The van der Waals surface area contributed by atoms with Crippen LogP contribution in [0.3, 0.4) is 0 Å². The zero-order valence-corrected chi connectivity index (χ0v) is 21.2. The fourth-order valence-electron chi connectivity index (χ4n) is 7.52. The molecule has 0 unspecified atom stereocenters. The predicted molar refractivity (Wildman–Crippen MR) is 163 cm³/mol. The molecule has 10 rings (SSSR count). The summed E-state index contributed by atoms with van der Waals surface area (Å²) in [6.45, 7) is 0. The van der Waals surface area contributed by atoms with Crippen LogP contribution in [0.25, 0.3) is 97.7 Å². The first kappa shape index (κ1) is 19.9. The van der Waals surface area contributed by atoms with Gasteiger partial charge in [0.2, 0.25) is 0 Å². The molecule has 7 aromatic carbocycles. The molecular weight excluding hydrogens is 482 g/mol. The molecule has 3 heterocycles. The molecule has 39 heavy (non-hydrogen) atoms. The Kier molecular flexibility index (Phi) is 3.29. The van der Waals surface area contributed by atoms with Crippen LogP contribution in [0.15, 0.2) is 72.8 Å². The standard InChI is InChI=1S/C34H21N3O2/c1-38-21-13-11-19-23-25(21)26-22(39-2)14-12-20-24(26)28-30-29-27(23)31(35-19)15-7-3-5-9-17(15)33(29)37-34(30)18-10-6-4-8-16(18)32(28)36-20/h3-14,35-37H,1-2H3. The molecule has 5 heteroatoms. The predicted octanol–water partition coefficient (Wildman–Crippen LogP) is 8.94. The molecule has 184 valence electrons. The quantitative estimate of drug-likeness (QED) is 0.220. The van der Waals surface area contributed by atoms with Crippen LogP contribution >= 0.6 is 0 Å². The maximum absolute atomic E-state index is 6.08. The van der Waals surface area contributed by atoms with Gasteiger partial charge in [-0.2, -0.15) is 0 Å². The van der Waals surface area contributed by atoms with Crippen molar-refractivity contribution in [2.75, 3.05) is 14.2 Å². The smallest absolute Gasteiger partial charge is 0.127 e.